The van der Waals surface area contributed by atoms with E-state index in [1.54, 1.807) is 17.0 Å². The second-order valence-corrected chi connectivity index (χ2v) is 6.13. The molecular weight excluding hydrogens is 276 g/mol. The first-order valence-electron chi connectivity index (χ1n) is 7.20. The Kier molecular flexibility index (Phi) is 3.45. The summed E-state index contributed by atoms with van der Waals surface area (Å²) in [4.78, 5) is 16.8. The maximum absolute atomic E-state index is 12.4. The normalized spacial score (nSPS) is 11.6. The fraction of sp³-hybridized carbons (Fsp3) is 0.222. The van der Waals surface area contributed by atoms with Crippen LogP contribution in [0.4, 0.5) is 4.79 Å². The molecule has 3 rings (SSSR count). The quantitative estimate of drug-likeness (QED) is 0.664. The van der Waals surface area contributed by atoms with Crippen LogP contribution in [0, 0.1) is 0 Å². The summed E-state index contributed by atoms with van der Waals surface area (Å²) in [5.41, 5.74) is 2.04. The summed E-state index contributed by atoms with van der Waals surface area (Å²) >= 11 is 0. The van der Waals surface area contributed by atoms with Crippen molar-refractivity contribution >= 4 is 17.0 Å². The predicted octanol–water partition coefficient (Wildman–Crippen LogP) is 4.49. The number of nitrogens with zero attached hydrogens (tertiary/aromatic N) is 2. The molecule has 22 heavy (non-hydrogen) atoms. The van der Waals surface area contributed by atoms with Crippen molar-refractivity contribution in [1.29, 1.82) is 0 Å². The van der Waals surface area contributed by atoms with Gasteiger partial charge in [0, 0.05) is 23.3 Å². The molecule has 1 aromatic carbocycles. The standard InChI is InChI=1S/C18H18N2O2/c1-18(2,3)22-17(21)20-12-14(15-9-6-7-11-19-15)13-8-4-5-10-16(13)20/h4-12H,1-3H3. The highest BCUT2D eigenvalue weighted by molar-refractivity contribution is 5.99. The van der Waals surface area contributed by atoms with Crippen LogP contribution in [0.3, 0.4) is 0 Å². The summed E-state index contributed by atoms with van der Waals surface area (Å²) in [6.45, 7) is 5.57. The van der Waals surface area contributed by atoms with E-state index in [4.69, 9.17) is 4.74 Å². The first-order chi connectivity index (χ1) is 10.5. The van der Waals surface area contributed by atoms with Gasteiger partial charge in [-0.2, -0.15) is 0 Å². The van der Waals surface area contributed by atoms with Crippen molar-refractivity contribution in [3.05, 3.63) is 54.9 Å². The van der Waals surface area contributed by atoms with Crippen LogP contribution in [0.1, 0.15) is 20.8 Å². The molecule has 0 unspecified atom stereocenters. The Morgan fingerprint density at radius 3 is 2.50 bits per heavy atom. The SMILES string of the molecule is CC(C)(C)OC(=O)n1cc(-c2ccccn2)c2ccccc21. The molecule has 0 saturated heterocycles. The van der Waals surface area contributed by atoms with E-state index < -0.39 is 5.60 Å². The lowest BCUT2D eigenvalue weighted by Crippen LogP contribution is -2.26. The number of hydrogen-bond donors (Lipinski definition) is 0. The van der Waals surface area contributed by atoms with Gasteiger partial charge in [-0.25, -0.2) is 4.79 Å². The summed E-state index contributed by atoms with van der Waals surface area (Å²) in [6.07, 6.45) is 3.15. The number of aromatic nitrogens is 2. The molecule has 4 heteroatoms. The van der Waals surface area contributed by atoms with Crippen LogP contribution in [0.2, 0.25) is 0 Å². The highest BCUT2D eigenvalue weighted by atomic mass is 16.6. The van der Waals surface area contributed by atoms with Crippen molar-refractivity contribution in [2.75, 3.05) is 0 Å². The van der Waals surface area contributed by atoms with Gasteiger partial charge in [0.1, 0.15) is 5.60 Å². The van der Waals surface area contributed by atoms with Crippen molar-refractivity contribution < 1.29 is 9.53 Å². The number of pyridine rings is 1. The van der Waals surface area contributed by atoms with Crippen LogP contribution in [0.5, 0.6) is 0 Å². The third kappa shape index (κ3) is 2.72. The molecule has 0 aliphatic heterocycles. The van der Waals surface area contributed by atoms with E-state index >= 15 is 0 Å². The largest absolute Gasteiger partial charge is 0.443 e. The zero-order chi connectivity index (χ0) is 15.7. The number of hydrogen-bond acceptors (Lipinski definition) is 3. The van der Waals surface area contributed by atoms with Crippen molar-refractivity contribution in [2.45, 2.75) is 26.4 Å². The van der Waals surface area contributed by atoms with Crippen LogP contribution in [0.15, 0.2) is 54.9 Å². The topological polar surface area (TPSA) is 44.1 Å². The van der Waals surface area contributed by atoms with Gasteiger partial charge in [-0.15, -0.1) is 0 Å². The molecule has 0 aliphatic carbocycles. The summed E-state index contributed by atoms with van der Waals surface area (Å²) in [7, 11) is 0. The van der Waals surface area contributed by atoms with Gasteiger partial charge in [-0.1, -0.05) is 24.3 Å². The average molecular weight is 294 g/mol. The molecule has 0 bridgehead atoms. The summed E-state index contributed by atoms with van der Waals surface area (Å²) < 4.78 is 7.03. The molecule has 3 aromatic rings. The molecule has 0 N–H and O–H groups in total. The summed E-state index contributed by atoms with van der Waals surface area (Å²) in [5.74, 6) is 0. The molecule has 4 nitrogen and oxygen atoms in total. The molecular formula is C18H18N2O2. The molecule has 2 heterocycles. The van der Waals surface area contributed by atoms with Crippen molar-refractivity contribution in [1.82, 2.24) is 9.55 Å². The predicted molar refractivity (Wildman–Crippen MR) is 86.8 cm³/mol. The zero-order valence-corrected chi connectivity index (χ0v) is 12.9. The Hall–Kier alpha value is -2.62. The maximum Gasteiger partial charge on any atom is 0.419 e. The molecule has 0 saturated carbocycles. The minimum Gasteiger partial charge on any atom is -0.443 e. The zero-order valence-electron chi connectivity index (χ0n) is 12.9. The first-order valence-corrected chi connectivity index (χ1v) is 7.20. The van der Waals surface area contributed by atoms with E-state index in [2.05, 4.69) is 4.98 Å². The van der Waals surface area contributed by atoms with Gasteiger partial charge in [0.15, 0.2) is 0 Å². The summed E-state index contributed by atoms with van der Waals surface area (Å²) in [5, 5.41) is 0.979. The number of benzene rings is 1. The Labute approximate surface area is 129 Å². The first kappa shape index (κ1) is 14.3. The fourth-order valence-corrected chi connectivity index (χ4v) is 2.37. The molecule has 0 amide bonds. The highest BCUT2D eigenvalue weighted by Gasteiger charge is 2.21. The lowest BCUT2D eigenvalue weighted by molar-refractivity contribution is 0.0544. The van der Waals surface area contributed by atoms with Crippen LogP contribution in [-0.4, -0.2) is 21.2 Å². The fourth-order valence-electron chi connectivity index (χ4n) is 2.37. The third-order valence-electron chi connectivity index (χ3n) is 3.24. The molecule has 0 fully saturated rings. The second kappa shape index (κ2) is 5.30. The van der Waals surface area contributed by atoms with E-state index in [-0.39, 0.29) is 6.09 Å². The smallest absolute Gasteiger partial charge is 0.419 e. The third-order valence-corrected chi connectivity index (χ3v) is 3.24. The van der Waals surface area contributed by atoms with Gasteiger partial charge in [0.25, 0.3) is 0 Å². The highest BCUT2D eigenvalue weighted by Crippen LogP contribution is 2.29. The van der Waals surface area contributed by atoms with E-state index in [9.17, 15) is 4.79 Å². The van der Waals surface area contributed by atoms with Crippen molar-refractivity contribution in [2.24, 2.45) is 0 Å². The Morgan fingerprint density at radius 1 is 1.09 bits per heavy atom. The van der Waals surface area contributed by atoms with Crippen LogP contribution in [0.25, 0.3) is 22.2 Å². The number of rotatable bonds is 1. The van der Waals surface area contributed by atoms with Crippen LogP contribution >= 0.6 is 0 Å². The number of carbonyl (C=O) groups is 1. The number of para-hydroxylation sites is 1. The maximum atomic E-state index is 12.4. The average Bonchev–Trinajstić information content (AvgIpc) is 2.86. The lowest BCUT2D eigenvalue weighted by atomic mass is 10.1. The Balaban J connectivity index is 2.15. The molecule has 2 aromatic heterocycles. The van der Waals surface area contributed by atoms with Gasteiger partial charge >= 0.3 is 6.09 Å². The van der Waals surface area contributed by atoms with Gasteiger partial charge in [0.05, 0.1) is 11.2 Å². The van der Waals surface area contributed by atoms with Gasteiger partial charge in [-0.05, 0) is 39.0 Å². The van der Waals surface area contributed by atoms with Gasteiger partial charge in [-0.3, -0.25) is 9.55 Å². The van der Waals surface area contributed by atoms with E-state index in [1.165, 1.54) is 0 Å². The molecule has 0 radical (unpaired) electrons. The van der Waals surface area contributed by atoms with E-state index in [1.807, 2.05) is 63.2 Å². The summed E-state index contributed by atoms with van der Waals surface area (Å²) in [6, 6.07) is 13.5. The van der Waals surface area contributed by atoms with E-state index in [0.717, 1.165) is 22.2 Å². The minimum absolute atomic E-state index is 0.383. The molecule has 0 aliphatic rings. The molecule has 0 atom stereocenters. The molecule has 0 spiro atoms. The van der Waals surface area contributed by atoms with Crippen molar-refractivity contribution in [3.8, 4) is 11.3 Å². The van der Waals surface area contributed by atoms with Crippen molar-refractivity contribution in [3.63, 3.8) is 0 Å². The van der Waals surface area contributed by atoms with Crippen LogP contribution < -0.4 is 0 Å². The lowest BCUT2D eigenvalue weighted by Gasteiger charge is -2.19. The van der Waals surface area contributed by atoms with Crippen LogP contribution in [-0.2, 0) is 4.74 Å². The second-order valence-electron chi connectivity index (χ2n) is 6.13. The van der Waals surface area contributed by atoms with Gasteiger partial charge < -0.3 is 4.74 Å². The minimum atomic E-state index is -0.534. The van der Waals surface area contributed by atoms with Gasteiger partial charge in [0.2, 0.25) is 0 Å². The number of ether oxygens (including phenoxy) is 1. The Bertz CT molecular complexity index is 814. The monoisotopic (exact) mass is 294 g/mol. The number of fused-ring (bicyclic) bond motifs is 1. The van der Waals surface area contributed by atoms with E-state index in [0.29, 0.717) is 0 Å². The molecule has 112 valence electrons. The Morgan fingerprint density at radius 2 is 1.82 bits per heavy atom. The number of carbonyl (C=O) groups excluding carboxylic acids is 1.